The molecule has 1 amide bonds. The van der Waals surface area contributed by atoms with Crippen molar-refractivity contribution in [2.24, 2.45) is 0 Å². The summed E-state index contributed by atoms with van der Waals surface area (Å²) in [5.74, 6) is 1.85. The Morgan fingerprint density at radius 2 is 1.86 bits per heavy atom. The molecule has 3 aromatic rings. The zero-order valence-corrected chi connectivity index (χ0v) is 21.6. The quantitative estimate of drug-likeness (QED) is 0.521. The summed E-state index contributed by atoms with van der Waals surface area (Å²) in [6.45, 7) is 10.2. The number of rotatable bonds is 5. The number of piperidine rings is 1. The van der Waals surface area contributed by atoms with Crippen molar-refractivity contribution in [2.75, 3.05) is 37.6 Å². The predicted molar refractivity (Wildman–Crippen MR) is 138 cm³/mol. The van der Waals surface area contributed by atoms with E-state index in [4.69, 9.17) is 14.7 Å². The van der Waals surface area contributed by atoms with Gasteiger partial charge in [0.2, 0.25) is 5.89 Å². The lowest BCUT2D eigenvalue weighted by Gasteiger charge is -2.47. The first-order valence-corrected chi connectivity index (χ1v) is 12.9. The Balaban J connectivity index is 1.20. The minimum Gasteiger partial charge on any atom is -0.420 e. The molecule has 0 radical (unpaired) electrons. The molecule has 0 bridgehead atoms. The average molecular weight is 501 g/mol. The predicted octanol–water partition coefficient (Wildman–Crippen LogP) is 3.22. The van der Waals surface area contributed by atoms with Crippen LogP contribution in [0.3, 0.4) is 0 Å². The van der Waals surface area contributed by atoms with Crippen LogP contribution in [0.1, 0.15) is 53.7 Å². The van der Waals surface area contributed by atoms with Gasteiger partial charge in [-0.3, -0.25) is 9.69 Å². The first kappa shape index (κ1) is 24.8. The lowest BCUT2D eigenvalue weighted by Crippen LogP contribution is -2.58. The average Bonchev–Trinajstić information content (AvgIpc) is 3.38. The van der Waals surface area contributed by atoms with E-state index in [1.54, 1.807) is 37.4 Å². The second-order valence-corrected chi connectivity index (χ2v) is 9.75. The maximum atomic E-state index is 12.9. The SMILES string of the molecule is CC[C@H]1CN(c2ncc(-c3nnc(C)o3)nc2C)CCN1C1CCN(C(=O)c2ccc(C#N)cc2)CC1. The number of aromatic nitrogens is 4. The standard InChI is InChI=1S/C27H32N8O2/c1-4-22-17-34(25-18(2)30-24(16-29-25)26-32-31-19(3)37-26)13-14-35(22)23-9-11-33(12-10-23)27(36)21-7-5-20(15-28)6-8-21/h5-8,16,22-23H,4,9-14,17H2,1-3H3/t22-/m0/s1. The number of likely N-dealkylation sites (tertiary alicyclic amines) is 1. The number of hydrogen-bond acceptors (Lipinski definition) is 9. The van der Waals surface area contributed by atoms with E-state index in [9.17, 15) is 4.79 Å². The van der Waals surface area contributed by atoms with Crippen LogP contribution in [-0.2, 0) is 0 Å². The maximum Gasteiger partial charge on any atom is 0.267 e. The molecule has 2 fully saturated rings. The number of aryl methyl sites for hydroxylation is 2. The van der Waals surface area contributed by atoms with Gasteiger partial charge in [-0.15, -0.1) is 10.2 Å². The summed E-state index contributed by atoms with van der Waals surface area (Å²) in [6.07, 6.45) is 4.70. The fourth-order valence-electron chi connectivity index (χ4n) is 5.47. The third kappa shape index (κ3) is 5.18. The van der Waals surface area contributed by atoms with Crippen LogP contribution in [0, 0.1) is 25.2 Å². The number of nitriles is 1. The van der Waals surface area contributed by atoms with Crippen molar-refractivity contribution in [2.45, 2.75) is 52.1 Å². The highest BCUT2D eigenvalue weighted by Crippen LogP contribution is 2.28. The molecular weight excluding hydrogens is 468 g/mol. The molecule has 5 rings (SSSR count). The summed E-state index contributed by atoms with van der Waals surface area (Å²) in [4.78, 5) is 29.3. The van der Waals surface area contributed by atoms with Crippen molar-refractivity contribution in [3.8, 4) is 17.7 Å². The Bertz CT molecular complexity index is 1290. The molecule has 1 atom stereocenters. The van der Waals surface area contributed by atoms with Gasteiger partial charge in [-0.05, 0) is 50.5 Å². The van der Waals surface area contributed by atoms with Crippen LogP contribution in [0.2, 0.25) is 0 Å². The van der Waals surface area contributed by atoms with Gasteiger partial charge >= 0.3 is 0 Å². The highest BCUT2D eigenvalue weighted by Gasteiger charge is 2.35. The van der Waals surface area contributed by atoms with Gasteiger partial charge in [0.05, 0.1) is 23.5 Å². The normalized spacial score (nSPS) is 19.1. The monoisotopic (exact) mass is 500 g/mol. The van der Waals surface area contributed by atoms with E-state index in [0.717, 1.165) is 63.5 Å². The number of piperazine rings is 1. The summed E-state index contributed by atoms with van der Waals surface area (Å²) < 4.78 is 5.50. The van der Waals surface area contributed by atoms with Crippen LogP contribution in [0.15, 0.2) is 34.9 Å². The van der Waals surface area contributed by atoms with Gasteiger partial charge in [0.25, 0.3) is 11.8 Å². The Labute approximate surface area is 216 Å². The van der Waals surface area contributed by atoms with Gasteiger partial charge < -0.3 is 14.2 Å². The molecule has 0 saturated carbocycles. The molecule has 2 saturated heterocycles. The summed E-state index contributed by atoms with van der Waals surface area (Å²) in [5.41, 5.74) is 2.66. The number of amides is 1. The Hall–Kier alpha value is -3.84. The van der Waals surface area contributed by atoms with Crippen LogP contribution >= 0.6 is 0 Å². The molecule has 0 aliphatic carbocycles. The molecular formula is C27H32N8O2. The van der Waals surface area contributed by atoms with Crippen molar-refractivity contribution < 1.29 is 9.21 Å². The van der Waals surface area contributed by atoms with Crippen molar-refractivity contribution >= 4 is 11.7 Å². The van der Waals surface area contributed by atoms with Crippen molar-refractivity contribution in [1.29, 1.82) is 5.26 Å². The highest BCUT2D eigenvalue weighted by molar-refractivity contribution is 5.94. The molecule has 192 valence electrons. The van der Waals surface area contributed by atoms with E-state index < -0.39 is 0 Å². The van der Waals surface area contributed by atoms with E-state index in [1.807, 2.05) is 11.8 Å². The lowest BCUT2D eigenvalue weighted by molar-refractivity contribution is 0.0490. The van der Waals surface area contributed by atoms with E-state index in [1.165, 1.54) is 0 Å². The van der Waals surface area contributed by atoms with Gasteiger partial charge in [-0.1, -0.05) is 6.92 Å². The first-order valence-electron chi connectivity index (χ1n) is 12.9. The summed E-state index contributed by atoms with van der Waals surface area (Å²) in [5, 5.41) is 16.9. The van der Waals surface area contributed by atoms with Gasteiger partial charge in [0, 0.05) is 57.3 Å². The Kier molecular flexibility index (Phi) is 7.15. The van der Waals surface area contributed by atoms with Crippen molar-refractivity contribution in [3.05, 3.63) is 53.2 Å². The molecule has 0 unspecified atom stereocenters. The molecule has 2 aliphatic rings. The topological polar surface area (TPSA) is 115 Å². The number of anilines is 1. The first-order chi connectivity index (χ1) is 18.0. The minimum absolute atomic E-state index is 0.0491. The maximum absolute atomic E-state index is 12.9. The molecule has 0 spiro atoms. The van der Waals surface area contributed by atoms with E-state index in [0.29, 0.717) is 40.7 Å². The number of hydrogen-bond donors (Lipinski definition) is 0. The van der Waals surface area contributed by atoms with Gasteiger partial charge in [0.1, 0.15) is 11.5 Å². The molecule has 37 heavy (non-hydrogen) atoms. The summed E-state index contributed by atoms with van der Waals surface area (Å²) in [6, 6.07) is 9.89. The van der Waals surface area contributed by atoms with Crippen LogP contribution in [0.25, 0.3) is 11.6 Å². The third-order valence-electron chi connectivity index (χ3n) is 7.45. The number of nitrogens with zero attached hydrogens (tertiary/aromatic N) is 8. The largest absolute Gasteiger partial charge is 0.420 e. The van der Waals surface area contributed by atoms with Crippen LogP contribution in [0.5, 0.6) is 0 Å². The van der Waals surface area contributed by atoms with E-state index in [2.05, 4.69) is 38.0 Å². The molecule has 10 heteroatoms. The fraction of sp³-hybridized carbons (Fsp3) is 0.481. The molecule has 0 N–H and O–H groups in total. The van der Waals surface area contributed by atoms with Crippen LogP contribution < -0.4 is 4.90 Å². The summed E-state index contributed by atoms with van der Waals surface area (Å²) >= 11 is 0. The van der Waals surface area contributed by atoms with Crippen LogP contribution in [-0.4, -0.2) is 80.7 Å². The zero-order valence-electron chi connectivity index (χ0n) is 21.6. The van der Waals surface area contributed by atoms with Gasteiger partial charge in [-0.2, -0.15) is 5.26 Å². The van der Waals surface area contributed by atoms with Crippen LogP contribution in [0.4, 0.5) is 5.82 Å². The third-order valence-corrected chi connectivity index (χ3v) is 7.45. The molecule has 10 nitrogen and oxygen atoms in total. The van der Waals surface area contributed by atoms with E-state index >= 15 is 0 Å². The zero-order chi connectivity index (χ0) is 25.9. The highest BCUT2D eigenvalue weighted by atomic mass is 16.4. The molecule has 4 heterocycles. The summed E-state index contributed by atoms with van der Waals surface area (Å²) in [7, 11) is 0. The minimum atomic E-state index is 0.0491. The van der Waals surface area contributed by atoms with Gasteiger partial charge in [-0.25, -0.2) is 9.97 Å². The second-order valence-electron chi connectivity index (χ2n) is 9.75. The molecule has 2 aliphatic heterocycles. The molecule has 1 aromatic carbocycles. The van der Waals surface area contributed by atoms with Crippen molar-refractivity contribution in [3.63, 3.8) is 0 Å². The number of carbonyl (C=O) groups is 1. The Morgan fingerprint density at radius 3 is 2.49 bits per heavy atom. The van der Waals surface area contributed by atoms with Crippen molar-refractivity contribution in [1.82, 2.24) is 30.0 Å². The number of carbonyl (C=O) groups excluding carboxylic acids is 1. The molecule has 2 aromatic heterocycles. The Morgan fingerprint density at radius 1 is 1.11 bits per heavy atom. The lowest BCUT2D eigenvalue weighted by atomic mass is 9.97. The number of benzene rings is 1. The van der Waals surface area contributed by atoms with E-state index in [-0.39, 0.29) is 5.91 Å². The fourth-order valence-corrected chi connectivity index (χ4v) is 5.47. The second kappa shape index (κ2) is 10.6. The van der Waals surface area contributed by atoms with Gasteiger partial charge in [0.15, 0.2) is 0 Å². The smallest absolute Gasteiger partial charge is 0.267 e.